The molecule has 0 aromatic heterocycles. The minimum Gasteiger partial charge on any atom is -0.384 e. The zero-order valence-electron chi connectivity index (χ0n) is 14.8. The molecule has 1 heterocycles. The van der Waals surface area contributed by atoms with E-state index < -0.39 is 0 Å². The number of rotatable bonds is 6. The van der Waals surface area contributed by atoms with E-state index in [1.165, 1.54) is 43.5 Å². The molecule has 0 atom stereocenters. The molecule has 0 amide bonds. The van der Waals surface area contributed by atoms with Crippen LogP contribution < -0.4 is 5.32 Å². The third-order valence-corrected chi connectivity index (χ3v) is 3.93. The summed E-state index contributed by atoms with van der Waals surface area (Å²) in [6.07, 6.45) is 8.50. The molecule has 0 saturated carbocycles. The van der Waals surface area contributed by atoms with Gasteiger partial charge in [-0.3, -0.25) is 0 Å². The van der Waals surface area contributed by atoms with Crippen LogP contribution in [0.5, 0.6) is 0 Å². The normalized spacial score (nSPS) is 17.5. The van der Waals surface area contributed by atoms with Gasteiger partial charge >= 0.3 is 0 Å². The van der Waals surface area contributed by atoms with Crippen LogP contribution in [0.3, 0.4) is 0 Å². The highest BCUT2D eigenvalue weighted by Gasteiger charge is 2.19. The van der Waals surface area contributed by atoms with Gasteiger partial charge in [0.15, 0.2) is 0 Å². The van der Waals surface area contributed by atoms with Gasteiger partial charge in [-0.25, -0.2) is 0 Å². The molecule has 1 N–H and O–H groups in total. The quantitative estimate of drug-likeness (QED) is 0.724. The second kappa shape index (κ2) is 8.43. The Kier molecular flexibility index (Phi) is 7.24. The van der Waals surface area contributed by atoms with Crippen molar-refractivity contribution in [1.29, 1.82) is 0 Å². The standard InChI is InChI=1S/C19H34N2/c1-16(2)10-11-18(19(4,5)6)17(3)20-12-15-21-13-8-7-9-14-21/h10-11,20H,3,7-9,12-15H2,1-2,4-6H3/b18-11+. The highest BCUT2D eigenvalue weighted by molar-refractivity contribution is 5.35. The van der Waals surface area contributed by atoms with Gasteiger partial charge in [-0.15, -0.1) is 0 Å². The monoisotopic (exact) mass is 290 g/mol. The smallest absolute Gasteiger partial charge is 0.0305 e. The zero-order chi connectivity index (χ0) is 15.9. The van der Waals surface area contributed by atoms with Crippen LogP contribution in [0.25, 0.3) is 0 Å². The van der Waals surface area contributed by atoms with Crippen LogP contribution in [0.2, 0.25) is 0 Å². The predicted octanol–water partition coefficient (Wildman–Crippen LogP) is 4.51. The van der Waals surface area contributed by atoms with E-state index in [1.54, 1.807) is 0 Å². The van der Waals surface area contributed by atoms with Crippen molar-refractivity contribution in [3.63, 3.8) is 0 Å². The summed E-state index contributed by atoms with van der Waals surface area (Å²) in [7, 11) is 0. The van der Waals surface area contributed by atoms with Crippen molar-refractivity contribution in [3.05, 3.63) is 35.6 Å². The third-order valence-electron chi connectivity index (χ3n) is 3.93. The molecule has 0 aromatic rings. The fourth-order valence-electron chi connectivity index (χ4n) is 2.70. The molecule has 120 valence electrons. The molecule has 1 fully saturated rings. The first-order valence-electron chi connectivity index (χ1n) is 8.32. The van der Waals surface area contributed by atoms with Crippen LogP contribution in [-0.2, 0) is 0 Å². The molecule has 2 nitrogen and oxygen atoms in total. The van der Waals surface area contributed by atoms with E-state index in [-0.39, 0.29) is 5.41 Å². The molecule has 1 rings (SSSR count). The summed E-state index contributed by atoms with van der Waals surface area (Å²) in [6.45, 7) is 19.9. The molecule has 1 aliphatic rings. The Balaban J connectivity index is 2.53. The Morgan fingerprint density at radius 2 is 1.71 bits per heavy atom. The average Bonchev–Trinajstić information content (AvgIpc) is 2.38. The van der Waals surface area contributed by atoms with Gasteiger partial charge in [0.05, 0.1) is 0 Å². The van der Waals surface area contributed by atoms with Crippen LogP contribution in [-0.4, -0.2) is 31.1 Å². The number of piperidine rings is 1. The second-order valence-corrected chi connectivity index (χ2v) is 7.38. The lowest BCUT2D eigenvalue weighted by molar-refractivity contribution is 0.231. The Labute approximate surface area is 132 Å². The van der Waals surface area contributed by atoms with E-state index in [4.69, 9.17) is 0 Å². The van der Waals surface area contributed by atoms with E-state index in [9.17, 15) is 0 Å². The Bertz CT molecular complexity index is 386. The summed E-state index contributed by atoms with van der Waals surface area (Å²) in [6, 6.07) is 0. The number of hydrogen-bond donors (Lipinski definition) is 1. The van der Waals surface area contributed by atoms with Crippen molar-refractivity contribution in [3.8, 4) is 0 Å². The van der Waals surface area contributed by atoms with Crippen molar-refractivity contribution >= 4 is 0 Å². The van der Waals surface area contributed by atoms with Gasteiger partial charge in [0.1, 0.15) is 0 Å². The van der Waals surface area contributed by atoms with E-state index in [1.807, 2.05) is 0 Å². The zero-order valence-corrected chi connectivity index (χ0v) is 14.8. The summed E-state index contributed by atoms with van der Waals surface area (Å²) >= 11 is 0. The summed E-state index contributed by atoms with van der Waals surface area (Å²) in [5, 5.41) is 3.53. The summed E-state index contributed by atoms with van der Waals surface area (Å²) < 4.78 is 0. The minimum atomic E-state index is 0.112. The summed E-state index contributed by atoms with van der Waals surface area (Å²) in [4.78, 5) is 2.56. The lowest BCUT2D eigenvalue weighted by Crippen LogP contribution is -2.36. The molecule has 2 heteroatoms. The molecule has 0 radical (unpaired) electrons. The van der Waals surface area contributed by atoms with E-state index >= 15 is 0 Å². The summed E-state index contributed by atoms with van der Waals surface area (Å²) in [5.41, 5.74) is 3.79. The van der Waals surface area contributed by atoms with Crippen LogP contribution in [0.1, 0.15) is 53.9 Å². The summed E-state index contributed by atoms with van der Waals surface area (Å²) in [5.74, 6) is 0. The molecular formula is C19H34N2. The van der Waals surface area contributed by atoms with Crippen molar-refractivity contribution in [2.45, 2.75) is 53.9 Å². The maximum atomic E-state index is 4.25. The van der Waals surface area contributed by atoms with Gasteiger partial charge in [-0.1, -0.05) is 51.5 Å². The van der Waals surface area contributed by atoms with Gasteiger partial charge < -0.3 is 10.2 Å². The first-order valence-corrected chi connectivity index (χ1v) is 8.32. The molecule has 21 heavy (non-hydrogen) atoms. The van der Waals surface area contributed by atoms with E-state index in [2.05, 4.69) is 63.6 Å². The molecule has 0 aromatic carbocycles. The maximum absolute atomic E-state index is 4.25. The lowest BCUT2D eigenvalue weighted by atomic mass is 9.84. The Morgan fingerprint density at radius 1 is 1.10 bits per heavy atom. The molecule has 0 aliphatic carbocycles. The fraction of sp³-hybridized carbons (Fsp3) is 0.684. The fourth-order valence-corrected chi connectivity index (χ4v) is 2.70. The van der Waals surface area contributed by atoms with E-state index in [0.717, 1.165) is 18.8 Å². The van der Waals surface area contributed by atoms with Gasteiger partial charge in [0.2, 0.25) is 0 Å². The van der Waals surface area contributed by atoms with Crippen molar-refractivity contribution in [2.75, 3.05) is 26.2 Å². The highest BCUT2D eigenvalue weighted by Crippen LogP contribution is 2.29. The first-order chi connectivity index (χ1) is 9.80. The van der Waals surface area contributed by atoms with Gasteiger partial charge in [-0.2, -0.15) is 0 Å². The second-order valence-electron chi connectivity index (χ2n) is 7.38. The van der Waals surface area contributed by atoms with E-state index in [0.29, 0.717) is 0 Å². The molecular weight excluding hydrogens is 256 g/mol. The number of likely N-dealkylation sites (tertiary alicyclic amines) is 1. The molecule has 0 unspecified atom stereocenters. The molecule has 1 aliphatic heterocycles. The van der Waals surface area contributed by atoms with Crippen LogP contribution in [0.15, 0.2) is 35.6 Å². The highest BCUT2D eigenvalue weighted by atomic mass is 15.1. The first kappa shape index (κ1) is 18.0. The van der Waals surface area contributed by atoms with Gasteiger partial charge in [0.25, 0.3) is 0 Å². The Morgan fingerprint density at radius 3 is 2.24 bits per heavy atom. The van der Waals surface area contributed by atoms with Crippen molar-refractivity contribution in [2.24, 2.45) is 5.41 Å². The van der Waals surface area contributed by atoms with Gasteiger partial charge in [-0.05, 0) is 50.8 Å². The van der Waals surface area contributed by atoms with Crippen molar-refractivity contribution < 1.29 is 0 Å². The van der Waals surface area contributed by atoms with Crippen LogP contribution >= 0.6 is 0 Å². The number of allylic oxidation sites excluding steroid dienone is 4. The number of hydrogen-bond acceptors (Lipinski definition) is 2. The molecule has 0 bridgehead atoms. The predicted molar refractivity (Wildman–Crippen MR) is 94.4 cm³/mol. The Hall–Kier alpha value is -1.02. The van der Waals surface area contributed by atoms with Crippen LogP contribution in [0, 0.1) is 5.41 Å². The van der Waals surface area contributed by atoms with Gasteiger partial charge in [0, 0.05) is 18.8 Å². The number of nitrogens with one attached hydrogen (secondary N) is 1. The number of nitrogens with zero attached hydrogens (tertiary/aromatic N) is 1. The minimum absolute atomic E-state index is 0.112. The van der Waals surface area contributed by atoms with Crippen molar-refractivity contribution in [1.82, 2.24) is 10.2 Å². The lowest BCUT2D eigenvalue weighted by Gasteiger charge is -2.29. The topological polar surface area (TPSA) is 15.3 Å². The SMILES string of the molecule is C=C(NCCN1CCCCC1)/C(=C\C=C(C)C)C(C)(C)C. The van der Waals surface area contributed by atoms with Crippen LogP contribution in [0.4, 0.5) is 0 Å². The average molecular weight is 290 g/mol. The molecule has 0 spiro atoms. The molecule has 1 saturated heterocycles. The maximum Gasteiger partial charge on any atom is 0.0305 e. The third kappa shape index (κ3) is 6.99. The largest absolute Gasteiger partial charge is 0.384 e.